The third kappa shape index (κ3) is 9.57. The first-order valence-electron chi connectivity index (χ1n) is 6.10. The highest BCUT2D eigenvalue weighted by Crippen LogP contribution is 2.02. The Morgan fingerprint density at radius 3 is 2.40 bits per heavy atom. The van der Waals surface area contributed by atoms with Crippen LogP contribution in [0, 0.1) is 5.92 Å². The Morgan fingerprint density at radius 2 is 1.87 bits per heavy atom. The molecule has 0 aromatic carbocycles. The molecule has 0 aliphatic carbocycles. The molecular formula is C12H26N2O. The Bertz CT molecular complexity index is 169. The van der Waals surface area contributed by atoms with Crippen molar-refractivity contribution in [3.05, 3.63) is 0 Å². The minimum absolute atomic E-state index is 0.0345. The van der Waals surface area contributed by atoms with Crippen LogP contribution in [-0.4, -0.2) is 18.6 Å². The fourth-order valence-electron chi connectivity index (χ4n) is 1.34. The fraction of sp³-hybridized carbons (Fsp3) is 0.917. The van der Waals surface area contributed by atoms with Gasteiger partial charge in [-0.25, -0.2) is 4.79 Å². The Kier molecular flexibility index (Phi) is 8.15. The van der Waals surface area contributed by atoms with E-state index in [2.05, 4.69) is 38.3 Å². The van der Waals surface area contributed by atoms with Gasteiger partial charge in [0.2, 0.25) is 0 Å². The van der Waals surface area contributed by atoms with E-state index < -0.39 is 0 Å². The summed E-state index contributed by atoms with van der Waals surface area (Å²) >= 11 is 0. The second-order valence-electron chi connectivity index (χ2n) is 4.65. The molecule has 1 atom stereocenters. The van der Waals surface area contributed by atoms with Crippen molar-refractivity contribution in [2.24, 2.45) is 5.92 Å². The van der Waals surface area contributed by atoms with Gasteiger partial charge in [0.05, 0.1) is 0 Å². The number of hydrogen-bond donors (Lipinski definition) is 2. The normalized spacial score (nSPS) is 12.6. The second kappa shape index (κ2) is 8.57. The summed E-state index contributed by atoms with van der Waals surface area (Å²) in [7, 11) is 0. The first-order chi connectivity index (χ1) is 7.06. The molecule has 0 aromatic rings. The van der Waals surface area contributed by atoms with Crippen molar-refractivity contribution in [2.45, 2.75) is 59.4 Å². The number of rotatable bonds is 7. The van der Waals surface area contributed by atoms with E-state index in [9.17, 15) is 4.79 Å². The summed E-state index contributed by atoms with van der Waals surface area (Å²) in [6.45, 7) is 9.17. The monoisotopic (exact) mass is 214 g/mol. The van der Waals surface area contributed by atoms with Gasteiger partial charge in [-0.15, -0.1) is 0 Å². The predicted molar refractivity (Wildman–Crippen MR) is 65.0 cm³/mol. The molecule has 0 aliphatic rings. The van der Waals surface area contributed by atoms with Crippen LogP contribution in [0.3, 0.4) is 0 Å². The predicted octanol–water partition coefficient (Wildman–Crippen LogP) is 2.91. The Morgan fingerprint density at radius 1 is 1.20 bits per heavy atom. The third-order valence-electron chi connectivity index (χ3n) is 2.29. The van der Waals surface area contributed by atoms with Gasteiger partial charge in [0.25, 0.3) is 0 Å². The van der Waals surface area contributed by atoms with Crippen molar-refractivity contribution in [1.82, 2.24) is 10.6 Å². The molecule has 0 fully saturated rings. The number of amides is 2. The van der Waals surface area contributed by atoms with Crippen LogP contribution < -0.4 is 10.6 Å². The largest absolute Gasteiger partial charge is 0.338 e. The quantitative estimate of drug-likeness (QED) is 0.629. The van der Waals surface area contributed by atoms with Gasteiger partial charge in [-0.2, -0.15) is 0 Å². The van der Waals surface area contributed by atoms with Gasteiger partial charge in [0.15, 0.2) is 0 Å². The topological polar surface area (TPSA) is 41.1 Å². The molecule has 3 heteroatoms. The number of hydrogen-bond acceptors (Lipinski definition) is 1. The van der Waals surface area contributed by atoms with Gasteiger partial charge in [0.1, 0.15) is 0 Å². The highest BCUT2D eigenvalue weighted by Gasteiger charge is 2.06. The van der Waals surface area contributed by atoms with Gasteiger partial charge in [0, 0.05) is 12.6 Å². The van der Waals surface area contributed by atoms with Gasteiger partial charge in [-0.05, 0) is 19.3 Å². The maximum Gasteiger partial charge on any atom is 0.315 e. The molecule has 2 amide bonds. The first-order valence-corrected chi connectivity index (χ1v) is 6.10. The molecule has 1 unspecified atom stereocenters. The number of unbranched alkanes of at least 4 members (excludes halogenated alkanes) is 2. The van der Waals surface area contributed by atoms with Crippen molar-refractivity contribution < 1.29 is 4.79 Å². The second-order valence-corrected chi connectivity index (χ2v) is 4.65. The number of urea groups is 1. The smallest absolute Gasteiger partial charge is 0.315 e. The van der Waals surface area contributed by atoms with Crippen molar-refractivity contribution >= 4 is 6.03 Å². The van der Waals surface area contributed by atoms with Crippen LogP contribution >= 0.6 is 0 Å². The van der Waals surface area contributed by atoms with E-state index in [1.807, 2.05) is 0 Å². The van der Waals surface area contributed by atoms with Crippen LogP contribution in [-0.2, 0) is 0 Å². The molecule has 0 rings (SSSR count). The Hall–Kier alpha value is -0.730. The van der Waals surface area contributed by atoms with E-state index in [0.29, 0.717) is 5.92 Å². The maximum atomic E-state index is 11.4. The molecule has 3 nitrogen and oxygen atoms in total. The van der Waals surface area contributed by atoms with E-state index in [1.54, 1.807) is 0 Å². The lowest BCUT2D eigenvalue weighted by Crippen LogP contribution is -2.42. The summed E-state index contributed by atoms with van der Waals surface area (Å²) in [5.41, 5.74) is 0. The number of nitrogens with one attached hydrogen (secondary N) is 2. The Balaban J connectivity index is 3.49. The van der Waals surface area contributed by atoms with E-state index in [0.717, 1.165) is 13.0 Å². The maximum absolute atomic E-state index is 11.4. The van der Waals surface area contributed by atoms with E-state index >= 15 is 0 Å². The average Bonchev–Trinajstić information content (AvgIpc) is 2.15. The molecule has 90 valence electrons. The summed E-state index contributed by atoms with van der Waals surface area (Å²) in [6, 6.07) is 0.247. The zero-order valence-corrected chi connectivity index (χ0v) is 10.6. The summed E-state index contributed by atoms with van der Waals surface area (Å²) in [5, 5.41) is 5.80. The molecule has 0 saturated heterocycles. The summed E-state index contributed by atoms with van der Waals surface area (Å²) in [4.78, 5) is 11.4. The highest BCUT2D eigenvalue weighted by atomic mass is 16.2. The minimum Gasteiger partial charge on any atom is -0.338 e. The average molecular weight is 214 g/mol. The molecule has 0 aromatic heterocycles. The van der Waals surface area contributed by atoms with Crippen LogP contribution in [0.4, 0.5) is 4.79 Å². The Labute approximate surface area is 94.0 Å². The van der Waals surface area contributed by atoms with Crippen LogP contribution in [0.5, 0.6) is 0 Å². The van der Waals surface area contributed by atoms with Crippen molar-refractivity contribution in [3.63, 3.8) is 0 Å². The molecular weight excluding hydrogens is 188 g/mol. The third-order valence-corrected chi connectivity index (χ3v) is 2.29. The number of carbonyl (C=O) groups is 1. The van der Waals surface area contributed by atoms with E-state index in [4.69, 9.17) is 0 Å². The molecule has 0 heterocycles. The lowest BCUT2D eigenvalue weighted by Gasteiger charge is -2.15. The van der Waals surface area contributed by atoms with Gasteiger partial charge in [-0.1, -0.05) is 40.0 Å². The zero-order chi connectivity index (χ0) is 11.7. The molecule has 2 N–H and O–H groups in total. The van der Waals surface area contributed by atoms with Crippen LogP contribution in [0.2, 0.25) is 0 Å². The SMILES string of the molecule is CCCCCC(C)NC(=O)NCC(C)C. The molecule has 0 saturated carbocycles. The lowest BCUT2D eigenvalue weighted by atomic mass is 10.1. The van der Waals surface area contributed by atoms with Gasteiger partial charge < -0.3 is 10.6 Å². The number of carbonyl (C=O) groups excluding carboxylic acids is 1. The van der Waals surface area contributed by atoms with Crippen LogP contribution in [0.1, 0.15) is 53.4 Å². The van der Waals surface area contributed by atoms with Crippen LogP contribution in [0.25, 0.3) is 0 Å². The summed E-state index contributed by atoms with van der Waals surface area (Å²) in [6.07, 6.45) is 4.75. The molecule has 15 heavy (non-hydrogen) atoms. The highest BCUT2D eigenvalue weighted by molar-refractivity contribution is 5.74. The van der Waals surface area contributed by atoms with Gasteiger partial charge in [-0.3, -0.25) is 0 Å². The zero-order valence-electron chi connectivity index (χ0n) is 10.6. The lowest BCUT2D eigenvalue weighted by molar-refractivity contribution is 0.235. The van der Waals surface area contributed by atoms with Crippen LogP contribution in [0.15, 0.2) is 0 Å². The summed E-state index contributed by atoms with van der Waals surface area (Å²) < 4.78 is 0. The fourth-order valence-corrected chi connectivity index (χ4v) is 1.34. The van der Waals surface area contributed by atoms with Crippen molar-refractivity contribution in [3.8, 4) is 0 Å². The molecule has 0 bridgehead atoms. The van der Waals surface area contributed by atoms with Crippen molar-refractivity contribution in [1.29, 1.82) is 0 Å². The minimum atomic E-state index is -0.0345. The molecule has 0 spiro atoms. The van der Waals surface area contributed by atoms with Gasteiger partial charge >= 0.3 is 6.03 Å². The van der Waals surface area contributed by atoms with E-state index in [-0.39, 0.29) is 12.1 Å². The first kappa shape index (κ1) is 14.3. The standard InChI is InChI=1S/C12H26N2O/c1-5-6-7-8-11(4)14-12(15)13-9-10(2)3/h10-11H,5-9H2,1-4H3,(H2,13,14,15). The molecule has 0 aliphatic heterocycles. The summed E-state index contributed by atoms with van der Waals surface area (Å²) in [5.74, 6) is 0.506. The van der Waals surface area contributed by atoms with Crippen molar-refractivity contribution in [2.75, 3.05) is 6.54 Å². The van der Waals surface area contributed by atoms with E-state index in [1.165, 1.54) is 19.3 Å². The molecule has 0 radical (unpaired) electrons.